The van der Waals surface area contributed by atoms with Gasteiger partial charge >= 0.3 is 0 Å². The molecule has 1 aromatic heterocycles. The summed E-state index contributed by atoms with van der Waals surface area (Å²) in [6.07, 6.45) is 2.13. The lowest BCUT2D eigenvalue weighted by atomic mass is 10.2. The van der Waals surface area contributed by atoms with Gasteiger partial charge in [0.05, 0.1) is 12.1 Å². The van der Waals surface area contributed by atoms with Gasteiger partial charge in [-0.05, 0) is 12.5 Å². The molecule has 3 N–H and O–H groups in total. The minimum Gasteiger partial charge on any atom is -0.371 e. The second-order valence-electron chi connectivity index (χ2n) is 3.80. The van der Waals surface area contributed by atoms with Gasteiger partial charge in [0.2, 0.25) is 5.91 Å². The van der Waals surface area contributed by atoms with E-state index in [-0.39, 0.29) is 23.8 Å². The number of hydrogen-bond acceptors (Lipinski definition) is 4. The molecule has 0 aliphatic rings. The van der Waals surface area contributed by atoms with Crippen LogP contribution in [-0.4, -0.2) is 36.9 Å². The van der Waals surface area contributed by atoms with E-state index in [2.05, 4.69) is 20.9 Å². The normalized spacial score (nSPS) is 9.84. The minimum absolute atomic E-state index is 0.0110. The first-order valence-electron chi connectivity index (χ1n) is 5.97. The molecule has 0 bridgehead atoms. The Kier molecular flexibility index (Phi) is 5.72. The van der Waals surface area contributed by atoms with Crippen LogP contribution in [0.1, 0.15) is 23.7 Å². The average molecular weight is 268 g/mol. The molecule has 0 saturated heterocycles. The van der Waals surface area contributed by atoms with Crippen LogP contribution in [0.25, 0.3) is 0 Å². The Morgan fingerprint density at radius 3 is 2.74 bits per heavy atom. The molecule has 0 saturated carbocycles. The number of amides is 2. The van der Waals surface area contributed by atoms with Crippen LogP contribution < -0.4 is 16.0 Å². The summed E-state index contributed by atoms with van der Waals surface area (Å²) in [5.41, 5.74) is -0.150. The van der Waals surface area contributed by atoms with E-state index in [4.69, 9.17) is 0 Å². The number of nitrogens with one attached hydrogen (secondary N) is 3. The van der Waals surface area contributed by atoms with E-state index in [1.807, 2.05) is 6.92 Å². The van der Waals surface area contributed by atoms with Gasteiger partial charge in [0, 0.05) is 19.8 Å². The Hall–Kier alpha value is -2.18. The summed E-state index contributed by atoms with van der Waals surface area (Å²) in [5, 5.41) is 7.50. The zero-order chi connectivity index (χ0) is 14.3. The van der Waals surface area contributed by atoms with Crippen molar-refractivity contribution in [2.75, 3.05) is 25.5 Å². The van der Waals surface area contributed by atoms with Crippen molar-refractivity contribution < 1.29 is 14.0 Å². The molecule has 0 atom stereocenters. The van der Waals surface area contributed by atoms with Crippen LogP contribution in [0.2, 0.25) is 0 Å². The fourth-order valence-corrected chi connectivity index (χ4v) is 1.38. The quantitative estimate of drug-likeness (QED) is 0.702. The SMILES string of the molecule is CCCNC(=O)CNC(=O)c1ccnc(NC)c1F. The van der Waals surface area contributed by atoms with Crippen LogP contribution in [0.15, 0.2) is 12.3 Å². The number of rotatable bonds is 6. The summed E-state index contributed by atoms with van der Waals surface area (Å²) in [4.78, 5) is 26.8. The number of nitrogens with zero attached hydrogens (tertiary/aromatic N) is 1. The van der Waals surface area contributed by atoms with E-state index in [9.17, 15) is 14.0 Å². The minimum atomic E-state index is -0.739. The molecule has 0 aliphatic carbocycles. The molecular weight excluding hydrogens is 251 g/mol. The summed E-state index contributed by atoms with van der Waals surface area (Å²) >= 11 is 0. The Balaban J connectivity index is 2.61. The molecule has 1 rings (SSSR count). The van der Waals surface area contributed by atoms with Crippen LogP contribution in [-0.2, 0) is 4.79 Å². The van der Waals surface area contributed by atoms with E-state index in [0.717, 1.165) is 6.42 Å². The van der Waals surface area contributed by atoms with Gasteiger partial charge in [-0.1, -0.05) is 6.92 Å². The highest BCUT2D eigenvalue weighted by Crippen LogP contribution is 2.13. The highest BCUT2D eigenvalue weighted by atomic mass is 19.1. The van der Waals surface area contributed by atoms with Crippen LogP contribution in [0.5, 0.6) is 0 Å². The van der Waals surface area contributed by atoms with Crippen molar-refractivity contribution in [3.05, 3.63) is 23.6 Å². The van der Waals surface area contributed by atoms with Crippen molar-refractivity contribution in [3.63, 3.8) is 0 Å². The van der Waals surface area contributed by atoms with Crippen molar-refractivity contribution in [2.24, 2.45) is 0 Å². The van der Waals surface area contributed by atoms with Crippen molar-refractivity contribution >= 4 is 17.6 Å². The van der Waals surface area contributed by atoms with Crippen molar-refractivity contribution in [3.8, 4) is 0 Å². The topological polar surface area (TPSA) is 83.1 Å². The van der Waals surface area contributed by atoms with Gasteiger partial charge in [-0.15, -0.1) is 0 Å². The molecule has 1 heterocycles. The van der Waals surface area contributed by atoms with E-state index in [1.54, 1.807) is 0 Å². The number of halogens is 1. The zero-order valence-electron chi connectivity index (χ0n) is 10.9. The van der Waals surface area contributed by atoms with Gasteiger partial charge in [0.1, 0.15) is 0 Å². The summed E-state index contributed by atoms with van der Waals surface area (Å²) in [7, 11) is 1.51. The lowest BCUT2D eigenvalue weighted by Gasteiger charge is -2.08. The number of pyridine rings is 1. The number of carbonyl (C=O) groups excluding carboxylic acids is 2. The molecule has 0 unspecified atom stereocenters. The average Bonchev–Trinajstić information content (AvgIpc) is 2.42. The molecular formula is C12H17FN4O2. The largest absolute Gasteiger partial charge is 0.371 e. The molecule has 0 aliphatic heterocycles. The predicted octanol–water partition coefficient (Wildman–Crippen LogP) is 0.518. The maximum Gasteiger partial charge on any atom is 0.254 e. The van der Waals surface area contributed by atoms with Crippen LogP contribution in [0.4, 0.5) is 10.2 Å². The summed E-state index contributed by atoms with van der Waals surface area (Å²) < 4.78 is 13.8. The summed E-state index contributed by atoms with van der Waals surface area (Å²) in [5.74, 6) is -1.71. The van der Waals surface area contributed by atoms with Gasteiger partial charge in [0.15, 0.2) is 11.6 Å². The first-order chi connectivity index (χ1) is 9.10. The van der Waals surface area contributed by atoms with E-state index >= 15 is 0 Å². The van der Waals surface area contributed by atoms with Gasteiger partial charge in [-0.3, -0.25) is 9.59 Å². The second kappa shape index (κ2) is 7.30. The lowest BCUT2D eigenvalue weighted by Crippen LogP contribution is -2.37. The molecule has 7 heteroatoms. The van der Waals surface area contributed by atoms with Gasteiger partial charge in [0.25, 0.3) is 5.91 Å². The van der Waals surface area contributed by atoms with Crippen LogP contribution >= 0.6 is 0 Å². The van der Waals surface area contributed by atoms with Crippen LogP contribution in [0, 0.1) is 5.82 Å². The third-order valence-corrected chi connectivity index (χ3v) is 2.35. The number of anilines is 1. The Bertz CT molecular complexity index is 465. The monoisotopic (exact) mass is 268 g/mol. The molecule has 0 aromatic carbocycles. The molecule has 104 valence electrons. The fraction of sp³-hybridized carbons (Fsp3) is 0.417. The number of hydrogen-bond donors (Lipinski definition) is 3. The summed E-state index contributed by atoms with van der Waals surface area (Å²) in [6.45, 7) is 2.28. The van der Waals surface area contributed by atoms with Gasteiger partial charge in [-0.2, -0.15) is 0 Å². The summed E-state index contributed by atoms with van der Waals surface area (Å²) in [6, 6.07) is 1.26. The van der Waals surface area contributed by atoms with E-state index < -0.39 is 11.7 Å². The smallest absolute Gasteiger partial charge is 0.254 e. The Morgan fingerprint density at radius 1 is 1.37 bits per heavy atom. The van der Waals surface area contributed by atoms with E-state index in [1.165, 1.54) is 19.3 Å². The molecule has 0 spiro atoms. The predicted molar refractivity (Wildman–Crippen MR) is 69.4 cm³/mol. The molecule has 2 amide bonds. The first kappa shape index (κ1) is 14.9. The lowest BCUT2D eigenvalue weighted by molar-refractivity contribution is -0.120. The van der Waals surface area contributed by atoms with Crippen molar-refractivity contribution in [1.29, 1.82) is 0 Å². The number of carbonyl (C=O) groups is 2. The molecule has 1 aromatic rings. The molecule has 0 radical (unpaired) electrons. The Morgan fingerprint density at radius 2 is 2.11 bits per heavy atom. The van der Waals surface area contributed by atoms with E-state index in [0.29, 0.717) is 6.54 Å². The maximum absolute atomic E-state index is 13.8. The van der Waals surface area contributed by atoms with Crippen molar-refractivity contribution in [2.45, 2.75) is 13.3 Å². The zero-order valence-corrected chi connectivity index (χ0v) is 10.9. The van der Waals surface area contributed by atoms with Gasteiger partial charge < -0.3 is 16.0 Å². The standard InChI is InChI=1S/C12H17FN4O2/c1-3-5-15-9(18)7-17-12(19)8-4-6-16-11(14-2)10(8)13/h4,6H,3,5,7H2,1-2H3,(H,14,16)(H,15,18)(H,17,19). The molecule has 0 fully saturated rings. The number of aromatic nitrogens is 1. The third-order valence-electron chi connectivity index (χ3n) is 2.35. The third kappa shape index (κ3) is 4.20. The van der Waals surface area contributed by atoms with Crippen molar-refractivity contribution in [1.82, 2.24) is 15.6 Å². The Labute approximate surface area is 110 Å². The fourth-order valence-electron chi connectivity index (χ4n) is 1.38. The highest BCUT2D eigenvalue weighted by Gasteiger charge is 2.15. The second-order valence-corrected chi connectivity index (χ2v) is 3.80. The molecule has 6 nitrogen and oxygen atoms in total. The maximum atomic E-state index is 13.8. The van der Waals surface area contributed by atoms with Crippen LogP contribution in [0.3, 0.4) is 0 Å². The highest BCUT2D eigenvalue weighted by molar-refractivity contribution is 5.97. The van der Waals surface area contributed by atoms with Gasteiger partial charge in [-0.25, -0.2) is 9.37 Å². The molecule has 19 heavy (non-hydrogen) atoms. The first-order valence-corrected chi connectivity index (χ1v) is 5.97.